The summed E-state index contributed by atoms with van der Waals surface area (Å²) in [6.45, 7) is 11.3. The van der Waals surface area contributed by atoms with Crippen LogP contribution in [0, 0.1) is 29.6 Å². The molecular weight excluding hydrogens is 742 g/mol. The molecule has 12 nitrogen and oxygen atoms in total. The Morgan fingerprint density at radius 1 is 0.964 bits per heavy atom. The Balaban J connectivity index is 1.76. The van der Waals surface area contributed by atoms with Crippen molar-refractivity contribution in [2.75, 3.05) is 27.9 Å². The first-order valence-corrected chi connectivity index (χ1v) is 21.2. The molecule has 4 aliphatic rings. The van der Waals surface area contributed by atoms with Gasteiger partial charge in [0.1, 0.15) is 24.0 Å². The molecule has 13 heteroatoms. The number of alkyl halides is 1. The van der Waals surface area contributed by atoms with Crippen LogP contribution in [0.2, 0.25) is 0 Å². The summed E-state index contributed by atoms with van der Waals surface area (Å²) in [4.78, 5) is 57.7. The lowest BCUT2D eigenvalue weighted by atomic mass is 9.82. The minimum Gasteiger partial charge on any atom is -0.456 e. The largest absolute Gasteiger partial charge is 0.456 e. The highest BCUT2D eigenvalue weighted by atomic mass is 35.5. The van der Waals surface area contributed by atoms with Crippen LogP contribution in [0.4, 0.5) is 0 Å². The third-order valence-corrected chi connectivity index (χ3v) is 13.3. The van der Waals surface area contributed by atoms with Crippen molar-refractivity contribution in [3.8, 4) is 0 Å². The molecule has 14 atom stereocenters. The molecule has 3 aliphatic heterocycles. The number of amides is 1. The van der Waals surface area contributed by atoms with Crippen LogP contribution in [-0.2, 0) is 42.9 Å². The molecule has 2 saturated heterocycles. The molecule has 2 bridgehead atoms. The number of allylic oxidation sites excluding steroid dienone is 3. The van der Waals surface area contributed by atoms with Crippen molar-refractivity contribution in [2.45, 2.75) is 166 Å². The van der Waals surface area contributed by atoms with Gasteiger partial charge in [0.05, 0.1) is 29.8 Å². The van der Waals surface area contributed by atoms with Crippen molar-refractivity contribution in [3.05, 3.63) is 23.3 Å². The molecule has 0 aromatic carbocycles. The molecule has 0 aromatic heterocycles. The number of hydrogen-bond acceptors (Lipinski definition) is 11. The van der Waals surface area contributed by atoms with Crippen LogP contribution in [-0.4, -0.2) is 120 Å². The lowest BCUT2D eigenvalue weighted by Gasteiger charge is -2.47. The average Bonchev–Trinajstić information content (AvgIpc) is 3.18. The molecule has 4 rings (SSSR count). The number of cyclic esters (lactones) is 1. The zero-order valence-corrected chi connectivity index (χ0v) is 35.8. The maximum Gasteiger partial charge on any atom is 0.329 e. The van der Waals surface area contributed by atoms with Crippen LogP contribution in [0.3, 0.4) is 0 Å². The number of Topliss-reactive ketones (excluding diaryl/α,β-unsaturated/α-hetero) is 2. The fourth-order valence-electron chi connectivity index (χ4n) is 9.36. The van der Waals surface area contributed by atoms with E-state index in [0.29, 0.717) is 44.1 Å². The molecule has 3 fully saturated rings. The number of piperidine rings is 1. The number of aliphatic hydroxyl groups is 2. The zero-order chi connectivity index (χ0) is 41.5. The SMILES string of the molecule is CC[C@@H]1/C=C(/C)C[C@H](C)C[C@H](OC)[C@H]2O[C@@](O)(C(=O)C(=O)N3CCCC[C@H]3C(=O)OC(/C(C)=C/[C@@H]3CC[C@H](Cl)[C@H](OC)C3)[C@H](C)[C@@H](O)CC1=O)[C@H](C)C[C@@H]2OC. The van der Waals surface area contributed by atoms with E-state index in [1.165, 1.54) is 19.1 Å². The summed E-state index contributed by atoms with van der Waals surface area (Å²) in [5.74, 6) is -7.31. The van der Waals surface area contributed by atoms with E-state index in [4.69, 9.17) is 35.3 Å². The van der Waals surface area contributed by atoms with Gasteiger partial charge in [0.2, 0.25) is 5.79 Å². The number of methoxy groups -OCH3 is 3. The number of ether oxygens (including phenoxy) is 5. The highest BCUT2D eigenvalue weighted by Gasteiger charge is 2.56. The zero-order valence-electron chi connectivity index (χ0n) is 35.0. The quantitative estimate of drug-likeness (QED) is 0.146. The first kappa shape index (κ1) is 46.5. The summed E-state index contributed by atoms with van der Waals surface area (Å²) in [5.41, 5.74) is 1.71. The van der Waals surface area contributed by atoms with E-state index in [1.807, 2.05) is 32.9 Å². The lowest BCUT2D eigenvalue weighted by Crippen LogP contribution is -2.64. The number of esters is 1. The van der Waals surface area contributed by atoms with Gasteiger partial charge in [-0.25, -0.2) is 4.79 Å². The predicted octanol–water partition coefficient (Wildman–Crippen LogP) is 5.72. The van der Waals surface area contributed by atoms with E-state index in [-0.39, 0.29) is 54.9 Å². The topological polar surface area (TPSA) is 158 Å². The lowest BCUT2D eigenvalue weighted by molar-refractivity contribution is -0.302. The third-order valence-electron chi connectivity index (χ3n) is 12.8. The van der Waals surface area contributed by atoms with Gasteiger partial charge in [0.15, 0.2) is 0 Å². The number of ketones is 2. The number of carbonyl (C=O) groups is 4. The second-order valence-electron chi connectivity index (χ2n) is 17.1. The highest BCUT2D eigenvalue weighted by molar-refractivity contribution is 6.39. The Morgan fingerprint density at radius 2 is 1.62 bits per heavy atom. The van der Waals surface area contributed by atoms with Gasteiger partial charge in [0.25, 0.3) is 11.7 Å². The van der Waals surface area contributed by atoms with Crippen molar-refractivity contribution in [3.63, 3.8) is 0 Å². The number of carbonyl (C=O) groups excluding carboxylic acids is 4. The van der Waals surface area contributed by atoms with Crippen LogP contribution < -0.4 is 0 Å². The molecule has 0 spiro atoms. The average molecular weight is 810 g/mol. The standard InChI is InChI=1S/C43H68ClNO11/c1-10-30-18-24(2)17-25(3)19-36(53-8)39-37(54-9)21-27(5)43(51,56-39)40(48)41(49)45-16-12-11-13-32(45)42(50)55-38(28(6)33(46)23-34(30)47)26(4)20-29-14-15-31(44)35(22-29)52-7/h18,20,25,27-33,35-39,46,51H,10-17,19,21-23H2,1-9H3/b24-18-,26-20+/t25-,27+,28+,29-,30+,31-,32-,33-,35+,36-,37-,38?,39+,43+/m0/s1. The van der Waals surface area contributed by atoms with E-state index >= 15 is 0 Å². The van der Waals surface area contributed by atoms with E-state index in [0.717, 1.165) is 18.4 Å². The second kappa shape index (κ2) is 20.7. The van der Waals surface area contributed by atoms with Crippen molar-refractivity contribution in [1.82, 2.24) is 4.90 Å². The summed E-state index contributed by atoms with van der Waals surface area (Å²) < 4.78 is 29.9. The minimum atomic E-state index is -2.49. The number of fused-ring (bicyclic) bond motifs is 3. The Labute approximate surface area is 339 Å². The van der Waals surface area contributed by atoms with Gasteiger partial charge in [-0.3, -0.25) is 14.4 Å². The van der Waals surface area contributed by atoms with Gasteiger partial charge < -0.3 is 38.8 Å². The van der Waals surface area contributed by atoms with Crippen LogP contribution in [0.5, 0.6) is 0 Å². The van der Waals surface area contributed by atoms with Gasteiger partial charge in [-0.15, -0.1) is 11.6 Å². The number of nitrogens with zero attached hydrogens (tertiary/aromatic N) is 1. The molecule has 1 saturated carbocycles. The fraction of sp³-hybridized carbons (Fsp3) is 0.814. The first-order chi connectivity index (χ1) is 26.5. The molecule has 0 radical (unpaired) electrons. The summed E-state index contributed by atoms with van der Waals surface area (Å²) in [7, 11) is 4.71. The van der Waals surface area contributed by atoms with Crippen molar-refractivity contribution < 1.29 is 53.1 Å². The van der Waals surface area contributed by atoms with Crippen molar-refractivity contribution in [1.29, 1.82) is 0 Å². The molecule has 3 heterocycles. The number of halogens is 1. The second-order valence-corrected chi connectivity index (χ2v) is 17.7. The molecule has 1 amide bonds. The Hall–Kier alpha value is -2.19. The number of rotatable bonds is 6. The number of aliphatic hydroxyl groups excluding tert-OH is 1. The Bertz CT molecular complexity index is 1440. The molecule has 1 aliphatic carbocycles. The van der Waals surface area contributed by atoms with Crippen LogP contribution in [0.1, 0.15) is 112 Å². The van der Waals surface area contributed by atoms with Gasteiger partial charge >= 0.3 is 5.97 Å². The van der Waals surface area contributed by atoms with Crippen molar-refractivity contribution >= 4 is 35.0 Å². The summed E-state index contributed by atoms with van der Waals surface area (Å²) in [6.07, 6.45) is 5.16. The molecule has 2 N–H and O–H groups in total. The summed E-state index contributed by atoms with van der Waals surface area (Å²) >= 11 is 6.52. The predicted molar refractivity (Wildman–Crippen MR) is 212 cm³/mol. The summed E-state index contributed by atoms with van der Waals surface area (Å²) in [5, 5.41) is 23.6. The third kappa shape index (κ3) is 10.9. The van der Waals surface area contributed by atoms with Crippen LogP contribution in [0.15, 0.2) is 23.3 Å². The molecule has 1 unspecified atom stereocenters. The monoisotopic (exact) mass is 809 g/mol. The van der Waals surface area contributed by atoms with Crippen LogP contribution in [0.25, 0.3) is 0 Å². The molecule has 0 aromatic rings. The van der Waals surface area contributed by atoms with E-state index in [2.05, 4.69) is 6.92 Å². The normalized spacial score (nSPS) is 41.6. The van der Waals surface area contributed by atoms with E-state index in [9.17, 15) is 29.4 Å². The van der Waals surface area contributed by atoms with Gasteiger partial charge in [-0.1, -0.05) is 45.4 Å². The van der Waals surface area contributed by atoms with Crippen LogP contribution >= 0.6 is 11.6 Å². The van der Waals surface area contributed by atoms with Gasteiger partial charge in [-0.05, 0) is 95.5 Å². The minimum absolute atomic E-state index is 0.0425. The molecule has 318 valence electrons. The molecular formula is C43H68ClNO11. The molecule has 56 heavy (non-hydrogen) atoms. The van der Waals surface area contributed by atoms with Gasteiger partial charge in [-0.2, -0.15) is 0 Å². The maximum atomic E-state index is 14.3. The van der Waals surface area contributed by atoms with E-state index < -0.39 is 77.8 Å². The number of hydrogen-bond donors (Lipinski definition) is 2. The Morgan fingerprint density at radius 3 is 2.27 bits per heavy atom. The van der Waals surface area contributed by atoms with E-state index in [1.54, 1.807) is 21.0 Å². The maximum absolute atomic E-state index is 14.3. The Kier molecular flexibility index (Phi) is 17.2. The fourth-order valence-corrected chi connectivity index (χ4v) is 9.69. The highest BCUT2D eigenvalue weighted by Crippen LogP contribution is 2.39. The van der Waals surface area contributed by atoms with Crippen molar-refractivity contribution in [2.24, 2.45) is 29.6 Å². The summed E-state index contributed by atoms with van der Waals surface area (Å²) in [6, 6.07) is -1.12. The smallest absolute Gasteiger partial charge is 0.329 e. The van der Waals surface area contributed by atoms with Gasteiger partial charge in [0, 0.05) is 52.0 Å². The first-order valence-electron chi connectivity index (χ1n) is 20.7.